The summed E-state index contributed by atoms with van der Waals surface area (Å²) >= 11 is 6.03. The van der Waals surface area contributed by atoms with Crippen molar-refractivity contribution in [2.45, 2.75) is 25.3 Å². The normalized spacial score (nSPS) is 12.4. The molecule has 0 saturated carbocycles. The Morgan fingerprint density at radius 2 is 1.95 bits per heavy atom. The maximum atomic E-state index is 13.1. The third-order valence-electron chi connectivity index (χ3n) is 3.04. The Morgan fingerprint density at radius 3 is 2.68 bits per heavy atom. The number of aryl methyl sites for hydroxylation is 1. The van der Waals surface area contributed by atoms with Crippen LogP contribution in [0.15, 0.2) is 42.7 Å². The summed E-state index contributed by atoms with van der Waals surface area (Å²) in [6.45, 7) is 0. The van der Waals surface area contributed by atoms with E-state index in [0.29, 0.717) is 11.4 Å². The third-order valence-corrected chi connectivity index (χ3v) is 3.41. The van der Waals surface area contributed by atoms with E-state index in [0.717, 1.165) is 18.4 Å². The molecule has 0 saturated heterocycles. The summed E-state index contributed by atoms with van der Waals surface area (Å²) in [5.74, 6) is -0.277. The van der Waals surface area contributed by atoms with Gasteiger partial charge < -0.3 is 5.73 Å². The Bertz CT molecular complexity index is 531. The topological polar surface area (TPSA) is 38.9 Å². The first-order valence-electron chi connectivity index (χ1n) is 6.23. The largest absolute Gasteiger partial charge is 0.327 e. The molecule has 2 aromatic rings. The lowest BCUT2D eigenvalue weighted by Crippen LogP contribution is -2.23. The summed E-state index contributed by atoms with van der Waals surface area (Å²) in [6, 6.07) is 8.29. The van der Waals surface area contributed by atoms with Gasteiger partial charge in [-0.25, -0.2) is 4.39 Å². The van der Waals surface area contributed by atoms with E-state index >= 15 is 0 Å². The fourth-order valence-corrected chi connectivity index (χ4v) is 2.18. The molecule has 0 spiro atoms. The molecule has 0 aliphatic rings. The van der Waals surface area contributed by atoms with E-state index in [1.807, 2.05) is 12.1 Å². The summed E-state index contributed by atoms with van der Waals surface area (Å²) in [6.07, 6.45) is 5.84. The molecule has 2 rings (SSSR count). The van der Waals surface area contributed by atoms with Crippen molar-refractivity contribution in [1.82, 2.24) is 4.98 Å². The van der Waals surface area contributed by atoms with Gasteiger partial charge in [-0.1, -0.05) is 11.6 Å². The van der Waals surface area contributed by atoms with E-state index in [1.165, 1.54) is 17.7 Å². The minimum Gasteiger partial charge on any atom is -0.327 e. The molecule has 0 bridgehead atoms. The van der Waals surface area contributed by atoms with Gasteiger partial charge in [0.05, 0.1) is 0 Å². The average Bonchev–Trinajstić information content (AvgIpc) is 2.42. The highest BCUT2D eigenvalue weighted by Crippen LogP contribution is 2.19. The van der Waals surface area contributed by atoms with Gasteiger partial charge in [0, 0.05) is 23.5 Å². The van der Waals surface area contributed by atoms with Crippen LogP contribution in [0.4, 0.5) is 4.39 Å². The summed E-state index contributed by atoms with van der Waals surface area (Å²) in [4.78, 5) is 3.97. The van der Waals surface area contributed by atoms with Crippen molar-refractivity contribution < 1.29 is 4.39 Å². The molecule has 1 unspecified atom stereocenters. The van der Waals surface area contributed by atoms with Crippen molar-refractivity contribution in [2.24, 2.45) is 5.73 Å². The van der Waals surface area contributed by atoms with Crippen LogP contribution >= 0.6 is 11.6 Å². The van der Waals surface area contributed by atoms with E-state index < -0.39 is 0 Å². The number of nitrogens with two attached hydrogens (primary N) is 1. The second-order valence-corrected chi connectivity index (χ2v) is 5.00. The number of pyridine rings is 1. The lowest BCUT2D eigenvalue weighted by molar-refractivity contribution is 0.599. The average molecular weight is 279 g/mol. The van der Waals surface area contributed by atoms with Gasteiger partial charge in [-0.2, -0.15) is 0 Å². The van der Waals surface area contributed by atoms with Gasteiger partial charge in [0.1, 0.15) is 5.82 Å². The van der Waals surface area contributed by atoms with Gasteiger partial charge in [-0.05, 0) is 60.7 Å². The molecule has 19 heavy (non-hydrogen) atoms. The molecule has 0 aliphatic carbocycles. The molecule has 1 aromatic heterocycles. The molecule has 2 nitrogen and oxygen atoms in total. The Morgan fingerprint density at radius 1 is 1.21 bits per heavy atom. The highest BCUT2D eigenvalue weighted by atomic mass is 35.5. The summed E-state index contributed by atoms with van der Waals surface area (Å²) in [7, 11) is 0. The Labute approximate surface area is 117 Å². The molecule has 2 N–H and O–H groups in total. The van der Waals surface area contributed by atoms with Crippen molar-refractivity contribution in [3.8, 4) is 0 Å². The van der Waals surface area contributed by atoms with Crippen molar-refractivity contribution in [1.29, 1.82) is 0 Å². The molecule has 0 aliphatic heterocycles. The fraction of sp³-hybridized carbons (Fsp3) is 0.267. The molecular weight excluding hydrogens is 263 g/mol. The van der Waals surface area contributed by atoms with Crippen LogP contribution in [-0.4, -0.2) is 11.0 Å². The first-order valence-corrected chi connectivity index (χ1v) is 6.61. The smallest absolute Gasteiger partial charge is 0.123 e. The number of hydrogen-bond acceptors (Lipinski definition) is 2. The standard InChI is InChI=1S/C15H16ClFN2/c16-15-4-2-13(17)9-12(15)10-14(18)3-1-11-5-7-19-8-6-11/h2,4-9,14H,1,3,10,18H2. The maximum Gasteiger partial charge on any atom is 0.123 e. The molecular formula is C15H16ClFN2. The quantitative estimate of drug-likeness (QED) is 0.911. The lowest BCUT2D eigenvalue weighted by atomic mass is 10.00. The molecule has 1 aromatic carbocycles. The Kier molecular flexibility index (Phi) is 4.88. The predicted octanol–water partition coefficient (Wildman–Crippen LogP) is 3.38. The van der Waals surface area contributed by atoms with Crippen LogP contribution < -0.4 is 5.73 Å². The number of rotatable bonds is 5. The molecule has 0 amide bonds. The van der Waals surface area contributed by atoms with Crippen molar-refractivity contribution in [3.05, 3.63) is 64.7 Å². The molecule has 0 radical (unpaired) electrons. The second kappa shape index (κ2) is 6.64. The minimum absolute atomic E-state index is 0.0348. The molecule has 1 atom stereocenters. The van der Waals surface area contributed by atoms with Crippen LogP contribution in [0.25, 0.3) is 0 Å². The van der Waals surface area contributed by atoms with Gasteiger partial charge in [0.2, 0.25) is 0 Å². The van der Waals surface area contributed by atoms with Gasteiger partial charge in [0.25, 0.3) is 0 Å². The van der Waals surface area contributed by atoms with Crippen LogP contribution in [0, 0.1) is 5.82 Å². The van der Waals surface area contributed by atoms with Gasteiger partial charge in [-0.3, -0.25) is 4.98 Å². The van der Waals surface area contributed by atoms with Crippen molar-refractivity contribution in [3.63, 3.8) is 0 Å². The van der Waals surface area contributed by atoms with E-state index in [4.69, 9.17) is 17.3 Å². The van der Waals surface area contributed by atoms with Crippen LogP contribution in [0.2, 0.25) is 5.02 Å². The summed E-state index contributed by atoms with van der Waals surface area (Å²) in [5.41, 5.74) is 8.05. The van der Waals surface area contributed by atoms with Crippen LogP contribution in [-0.2, 0) is 12.8 Å². The van der Waals surface area contributed by atoms with E-state index in [2.05, 4.69) is 4.98 Å². The third kappa shape index (κ3) is 4.30. The molecule has 4 heteroatoms. The fourth-order valence-electron chi connectivity index (χ4n) is 1.99. The number of nitrogens with zero attached hydrogens (tertiary/aromatic N) is 1. The van der Waals surface area contributed by atoms with Gasteiger partial charge >= 0.3 is 0 Å². The van der Waals surface area contributed by atoms with Crippen LogP contribution in [0.5, 0.6) is 0 Å². The second-order valence-electron chi connectivity index (χ2n) is 4.59. The maximum absolute atomic E-state index is 13.1. The number of aromatic nitrogens is 1. The zero-order chi connectivity index (χ0) is 13.7. The lowest BCUT2D eigenvalue weighted by Gasteiger charge is -2.12. The zero-order valence-electron chi connectivity index (χ0n) is 10.5. The molecule has 100 valence electrons. The number of benzene rings is 1. The first kappa shape index (κ1) is 14.0. The van der Waals surface area contributed by atoms with E-state index in [-0.39, 0.29) is 11.9 Å². The highest BCUT2D eigenvalue weighted by molar-refractivity contribution is 6.31. The highest BCUT2D eigenvalue weighted by Gasteiger charge is 2.08. The predicted molar refractivity (Wildman–Crippen MR) is 75.6 cm³/mol. The Balaban J connectivity index is 1.90. The van der Waals surface area contributed by atoms with E-state index in [1.54, 1.807) is 18.5 Å². The molecule has 0 fully saturated rings. The van der Waals surface area contributed by atoms with Crippen molar-refractivity contribution >= 4 is 11.6 Å². The van der Waals surface area contributed by atoms with E-state index in [9.17, 15) is 4.39 Å². The van der Waals surface area contributed by atoms with Crippen LogP contribution in [0.3, 0.4) is 0 Å². The molecule has 1 heterocycles. The number of hydrogen-bond donors (Lipinski definition) is 1. The minimum atomic E-state index is -0.277. The SMILES string of the molecule is NC(CCc1ccncc1)Cc1cc(F)ccc1Cl. The first-order chi connectivity index (χ1) is 9.15. The monoisotopic (exact) mass is 278 g/mol. The zero-order valence-corrected chi connectivity index (χ0v) is 11.3. The Hall–Kier alpha value is -1.45. The van der Waals surface area contributed by atoms with Gasteiger partial charge in [-0.15, -0.1) is 0 Å². The van der Waals surface area contributed by atoms with Gasteiger partial charge in [0.15, 0.2) is 0 Å². The summed E-state index contributed by atoms with van der Waals surface area (Å²) < 4.78 is 13.1. The van der Waals surface area contributed by atoms with Crippen LogP contribution in [0.1, 0.15) is 17.5 Å². The summed E-state index contributed by atoms with van der Waals surface area (Å²) in [5, 5.41) is 0.570. The number of halogens is 2. The van der Waals surface area contributed by atoms with Crippen molar-refractivity contribution in [2.75, 3.05) is 0 Å².